The Morgan fingerprint density at radius 2 is 1.64 bits per heavy atom. The molecule has 0 spiro atoms. The van der Waals surface area contributed by atoms with Crippen molar-refractivity contribution in [2.24, 2.45) is 0 Å². The third kappa shape index (κ3) is 4.57. The van der Waals surface area contributed by atoms with Crippen molar-refractivity contribution in [1.29, 1.82) is 0 Å². The molecule has 134 valence electrons. The maximum Gasteiger partial charge on any atom is 0.265 e. The van der Waals surface area contributed by atoms with Crippen LogP contribution in [0, 0.1) is 13.8 Å². The van der Waals surface area contributed by atoms with E-state index in [1.807, 2.05) is 19.9 Å². The second kappa shape index (κ2) is 8.12. The molecule has 1 N–H and O–H groups in total. The molecule has 5 nitrogen and oxygen atoms in total. The van der Waals surface area contributed by atoms with Crippen LogP contribution in [0.3, 0.4) is 0 Å². The van der Waals surface area contributed by atoms with Gasteiger partial charge in [-0.3, -0.25) is 4.79 Å². The van der Waals surface area contributed by atoms with Crippen molar-refractivity contribution in [2.75, 3.05) is 19.5 Å². The summed E-state index contributed by atoms with van der Waals surface area (Å²) >= 11 is 5.94. The Morgan fingerprint density at radius 3 is 2.24 bits per heavy atom. The van der Waals surface area contributed by atoms with E-state index < -0.39 is 6.10 Å². The molecule has 0 aliphatic carbocycles. The molecule has 6 heteroatoms. The quantitative estimate of drug-likeness (QED) is 0.827. The fraction of sp³-hybridized carbons (Fsp3) is 0.316. The van der Waals surface area contributed by atoms with Gasteiger partial charge in [0, 0.05) is 16.8 Å². The van der Waals surface area contributed by atoms with Gasteiger partial charge in [0.2, 0.25) is 0 Å². The van der Waals surface area contributed by atoms with Crippen LogP contribution in [0.2, 0.25) is 5.02 Å². The lowest BCUT2D eigenvalue weighted by Gasteiger charge is -2.18. The zero-order chi connectivity index (χ0) is 18.6. The number of anilines is 1. The van der Waals surface area contributed by atoms with Gasteiger partial charge in [-0.2, -0.15) is 0 Å². The van der Waals surface area contributed by atoms with Crippen LogP contribution in [0.25, 0.3) is 0 Å². The summed E-state index contributed by atoms with van der Waals surface area (Å²) in [6.45, 7) is 5.45. The van der Waals surface area contributed by atoms with Crippen LogP contribution < -0.4 is 19.5 Å². The number of methoxy groups -OCH3 is 2. The molecule has 0 aliphatic rings. The number of hydrogen-bond acceptors (Lipinski definition) is 4. The molecule has 1 unspecified atom stereocenters. The van der Waals surface area contributed by atoms with Gasteiger partial charge in [0.1, 0.15) is 5.75 Å². The number of carbonyl (C=O) groups excluding carboxylic acids is 1. The van der Waals surface area contributed by atoms with E-state index in [4.69, 9.17) is 25.8 Å². The molecule has 2 aromatic rings. The fourth-order valence-corrected chi connectivity index (χ4v) is 2.57. The van der Waals surface area contributed by atoms with E-state index in [9.17, 15) is 4.79 Å². The monoisotopic (exact) mass is 363 g/mol. The summed E-state index contributed by atoms with van der Waals surface area (Å²) in [5.74, 6) is 1.52. The van der Waals surface area contributed by atoms with Crippen molar-refractivity contribution in [3.05, 3.63) is 46.5 Å². The topological polar surface area (TPSA) is 56.8 Å². The number of benzene rings is 2. The average molecular weight is 364 g/mol. The Bertz CT molecular complexity index is 776. The number of halogens is 1. The highest BCUT2D eigenvalue weighted by atomic mass is 35.5. The van der Waals surface area contributed by atoms with Gasteiger partial charge in [0.25, 0.3) is 5.91 Å². The first kappa shape index (κ1) is 18.9. The minimum absolute atomic E-state index is 0.260. The third-order valence-electron chi connectivity index (χ3n) is 3.80. The number of aryl methyl sites for hydroxylation is 2. The highest BCUT2D eigenvalue weighted by Crippen LogP contribution is 2.33. The van der Waals surface area contributed by atoms with Gasteiger partial charge in [-0.15, -0.1) is 0 Å². The highest BCUT2D eigenvalue weighted by molar-refractivity contribution is 6.30. The molecular formula is C19H22ClNO4. The van der Waals surface area contributed by atoms with Gasteiger partial charge in [-0.25, -0.2) is 0 Å². The number of ether oxygens (including phenoxy) is 3. The van der Waals surface area contributed by atoms with Crippen LogP contribution in [0.15, 0.2) is 30.3 Å². The molecule has 1 atom stereocenters. The van der Waals surface area contributed by atoms with E-state index in [0.717, 1.165) is 11.1 Å². The summed E-state index contributed by atoms with van der Waals surface area (Å²) in [7, 11) is 3.12. The minimum atomic E-state index is -0.674. The standard InChI is InChI=1S/C19H22ClNO4/c1-11-9-17(23-4)18(24-5)10-15(11)21-19(22)13(3)25-16-7-6-14(20)8-12(16)2/h6-10,13H,1-5H3,(H,21,22). The van der Waals surface area contributed by atoms with E-state index in [-0.39, 0.29) is 5.91 Å². The zero-order valence-corrected chi connectivity index (χ0v) is 15.7. The van der Waals surface area contributed by atoms with Crippen LogP contribution in [-0.4, -0.2) is 26.2 Å². The predicted octanol–water partition coefficient (Wildman–Crippen LogP) is 4.38. The van der Waals surface area contributed by atoms with Crippen molar-refractivity contribution in [3.8, 4) is 17.2 Å². The van der Waals surface area contributed by atoms with Crippen molar-refractivity contribution in [2.45, 2.75) is 26.9 Å². The molecule has 0 bridgehead atoms. The first-order chi connectivity index (χ1) is 11.8. The normalized spacial score (nSPS) is 11.6. The van der Waals surface area contributed by atoms with Gasteiger partial charge in [-0.1, -0.05) is 11.6 Å². The first-order valence-electron chi connectivity index (χ1n) is 7.82. The molecule has 1 amide bonds. The van der Waals surface area contributed by atoms with Gasteiger partial charge >= 0.3 is 0 Å². The first-order valence-corrected chi connectivity index (χ1v) is 8.19. The molecule has 0 heterocycles. The maximum atomic E-state index is 12.5. The van der Waals surface area contributed by atoms with Crippen LogP contribution in [0.4, 0.5) is 5.69 Å². The smallest absolute Gasteiger partial charge is 0.265 e. The second-order valence-corrected chi connectivity index (χ2v) is 6.12. The third-order valence-corrected chi connectivity index (χ3v) is 4.03. The predicted molar refractivity (Wildman–Crippen MR) is 99.2 cm³/mol. The largest absolute Gasteiger partial charge is 0.493 e. The summed E-state index contributed by atoms with van der Waals surface area (Å²) in [4.78, 5) is 12.5. The summed E-state index contributed by atoms with van der Waals surface area (Å²) in [5, 5.41) is 3.49. The Kier molecular flexibility index (Phi) is 6.15. The number of hydrogen-bond donors (Lipinski definition) is 1. The highest BCUT2D eigenvalue weighted by Gasteiger charge is 2.18. The molecule has 0 radical (unpaired) electrons. The fourth-order valence-electron chi connectivity index (χ4n) is 2.34. The second-order valence-electron chi connectivity index (χ2n) is 5.68. The van der Waals surface area contributed by atoms with E-state index in [1.54, 1.807) is 45.4 Å². The summed E-state index contributed by atoms with van der Waals surface area (Å²) < 4.78 is 16.3. The van der Waals surface area contributed by atoms with Gasteiger partial charge in [0.05, 0.1) is 14.2 Å². The Balaban J connectivity index is 2.13. The molecule has 0 saturated carbocycles. The summed E-state index contributed by atoms with van der Waals surface area (Å²) in [6, 6.07) is 8.81. The summed E-state index contributed by atoms with van der Waals surface area (Å²) in [6.07, 6.45) is -0.674. The number of rotatable bonds is 6. The maximum absolute atomic E-state index is 12.5. The molecule has 25 heavy (non-hydrogen) atoms. The van der Waals surface area contributed by atoms with Gasteiger partial charge in [0.15, 0.2) is 17.6 Å². The molecule has 0 saturated heterocycles. The molecule has 0 aromatic heterocycles. The lowest BCUT2D eigenvalue weighted by molar-refractivity contribution is -0.122. The van der Waals surface area contributed by atoms with Crippen molar-refractivity contribution < 1.29 is 19.0 Å². The molecule has 0 aliphatic heterocycles. The molecule has 2 aromatic carbocycles. The molecular weight excluding hydrogens is 342 g/mol. The van der Waals surface area contributed by atoms with Crippen LogP contribution in [-0.2, 0) is 4.79 Å². The Labute approximate surface area is 152 Å². The van der Waals surface area contributed by atoms with Gasteiger partial charge < -0.3 is 19.5 Å². The van der Waals surface area contributed by atoms with E-state index in [0.29, 0.717) is 28.0 Å². The summed E-state index contributed by atoms with van der Waals surface area (Å²) in [5.41, 5.74) is 2.38. The van der Waals surface area contributed by atoms with Crippen LogP contribution in [0.1, 0.15) is 18.1 Å². The van der Waals surface area contributed by atoms with Gasteiger partial charge in [-0.05, 0) is 56.2 Å². The Hall–Kier alpha value is -2.40. The Morgan fingerprint density at radius 1 is 1.00 bits per heavy atom. The number of amides is 1. The lowest BCUT2D eigenvalue weighted by Crippen LogP contribution is -2.30. The molecule has 0 fully saturated rings. The van der Waals surface area contributed by atoms with E-state index >= 15 is 0 Å². The van der Waals surface area contributed by atoms with E-state index in [2.05, 4.69) is 5.32 Å². The van der Waals surface area contributed by atoms with E-state index in [1.165, 1.54) is 0 Å². The SMILES string of the molecule is COc1cc(C)c(NC(=O)C(C)Oc2ccc(Cl)cc2C)cc1OC. The van der Waals surface area contributed by atoms with Crippen molar-refractivity contribution in [1.82, 2.24) is 0 Å². The van der Waals surface area contributed by atoms with Crippen molar-refractivity contribution in [3.63, 3.8) is 0 Å². The minimum Gasteiger partial charge on any atom is -0.493 e. The number of carbonyl (C=O) groups is 1. The average Bonchev–Trinajstić information content (AvgIpc) is 2.58. The molecule has 2 rings (SSSR count). The lowest BCUT2D eigenvalue weighted by atomic mass is 10.1. The van der Waals surface area contributed by atoms with Crippen LogP contribution >= 0.6 is 11.6 Å². The number of nitrogens with one attached hydrogen (secondary N) is 1. The van der Waals surface area contributed by atoms with Crippen molar-refractivity contribution >= 4 is 23.2 Å². The van der Waals surface area contributed by atoms with Crippen LogP contribution in [0.5, 0.6) is 17.2 Å². The zero-order valence-electron chi connectivity index (χ0n) is 15.0.